The first-order chi connectivity index (χ1) is 9.60. The minimum Gasteiger partial charge on any atom is -0.372 e. The van der Waals surface area contributed by atoms with Gasteiger partial charge < -0.3 is 4.74 Å². The molecule has 6 nitrogen and oxygen atoms in total. The summed E-state index contributed by atoms with van der Waals surface area (Å²) in [5.41, 5.74) is 0. The van der Waals surface area contributed by atoms with Gasteiger partial charge in [-0.2, -0.15) is 21.6 Å². The molecule has 1 rings (SSSR count). The standard InChI is InChI=1S/C10H10ClF3N2O4S/c11-7-1-2-9(15-5-7)21(18,19)16-8(17)3-4-20-6-10(12,13)14/h1-2,5H,3-4,6H2,(H,16,17). The summed E-state index contributed by atoms with van der Waals surface area (Å²) in [4.78, 5) is 14.8. The predicted molar refractivity (Wildman–Crippen MR) is 66.1 cm³/mol. The third kappa shape index (κ3) is 6.74. The van der Waals surface area contributed by atoms with Crippen LogP contribution in [0.4, 0.5) is 13.2 Å². The molecule has 0 radical (unpaired) electrons. The Balaban J connectivity index is 2.48. The highest BCUT2D eigenvalue weighted by Crippen LogP contribution is 2.14. The van der Waals surface area contributed by atoms with Crippen LogP contribution in [-0.4, -0.2) is 38.7 Å². The number of carbonyl (C=O) groups excluding carboxylic acids is 1. The minimum absolute atomic E-state index is 0.209. The molecule has 1 aromatic heterocycles. The Kier molecular flexibility index (Phi) is 5.93. The van der Waals surface area contributed by atoms with Crippen LogP contribution in [0.2, 0.25) is 5.02 Å². The highest BCUT2D eigenvalue weighted by Gasteiger charge is 2.27. The normalized spacial score (nSPS) is 12.2. The predicted octanol–water partition coefficient (Wildman–Crippen LogP) is 1.51. The number of sulfonamides is 1. The molecule has 0 aliphatic heterocycles. The number of alkyl halides is 3. The quantitative estimate of drug-likeness (QED) is 0.789. The number of ether oxygens (including phenoxy) is 1. The summed E-state index contributed by atoms with van der Waals surface area (Å²) in [5.74, 6) is -1.01. The molecule has 0 bridgehead atoms. The maximum atomic E-state index is 11.8. The summed E-state index contributed by atoms with van der Waals surface area (Å²) in [7, 11) is -4.19. The zero-order chi connectivity index (χ0) is 16.1. The van der Waals surface area contributed by atoms with Crippen molar-refractivity contribution >= 4 is 27.5 Å². The fourth-order valence-corrected chi connectivity index (χ4v) is 2.18. The number of pyridine rings is 1. The zero-order valence-corrected chi connectivity index (χ0v) is 11.9. The van der Waals surface area contributed by atoms with Crippen LogP contribution in [0.25, 0.3) is 0 Å². The Bertz CT molecular complexity index is 589. The second kappa shape index (κ2) is 7.05. The highest BCUT2D eigenvalue weighted by atomic mass is 35.5. The first kappa shape index (κ1) is 17.7. The van der Waals surface area contributed by atoms with Gasteiger partial charge >= 0.3 is 6.18 Å². The Morgan fingerprint density at radius 3 is 2.57 bits per heavy atom. The molecule has 1 N–H and O–H groups in total. The number of hydrogen-bond acceptors (Lipinski definition) is 5. The van der Waals surface area contributed by atoms with Crippen LogP contribution < -0.4 is 4.72 Å². The summed E-state index contributed by atoms with van der Waals surface area (Å²) in [6, 6.07) is 2.35. The Labute approximate surface area is 123 Å². The van der Waals surface area contributed by atoms with Crippen LogP contribution >= 0.6 is 11.6 Å². The van der Waals surface area contributed by atoms with Crippen LogP contribution in [0, 0.1) is 0 Å². The maximum Gasteiger partial charge on any atom is 0.411 e. The van der Waals surface area contributed by atoms with Crippen molar-refractivity contribution in [1.82, 2.24) is 9.71 Å². The lowest BCUT2D eigenvalue weighted by Crippen LogP contribution is -2.32. The highest BCUT2D eigenvalue weighted by molar-refractivity contribution is 7.90. The van der Waals surface area contributed by atoms with Gasteiger partial charge in [0.15, 0.2) is 5.03 Å². The lowest BCUT2D eigenvalue weighted by molar-refractivity contribution is -0.174. The van der Waals surface area contributed by atoms with E-state index >= 15 is 0 Å². The number of nitrogens with zero attached hydrogens (tertiary/aromatic N) is 1. The van der Waals surface area contributed by atoms with E-state index in [9.17, 15) is 26.4 Å². The van der Waals surface area contributed by atoms with Crippen molar-refractivity contribution in [3.8, 4) is 0 Å². The smallest absolute Gasteiger partial charge is 0.372 e. The lowest BCUT2D eigenvalue weighted by atomic mass is 10.4. The first-order valence-corrected chi connectivity index (χ1v) is 7.28. The van der Waals surface area contributed by atoms with Crippen LogP contribution in [0.5, 0.6) is 0 Å². The Morgan fingerprint density at radius 2 is 2.05 bits per heavy atom. The summed E-state index contributed by atoms with van der Waals surface area (Å²) < 4.78 is 64.5. The van der Waals surface area contributed by atoms with Crippen LogP contribution in [0.15, 0.2) is 23.4 Å². The van der Waals surface area contributed by atoms with Gasteiger partial charge in [0.1, 0.15) is 6.61 Å². The SMILES string of the molecule is O=C(CCOCC(F)(F)F)NS(=O)(=O)c1ccc(Cl)cn1. The van der Waals surface area contributed by atoms with Crippen LogP contribution in [-0.2, 0) is 19.6 Å². The number of aromatic nitrogens is 1. The van der Waals surface area contributed by atoms with Crippen molar-refractivity contribution in [2.24, 2.45) is 0 Å². The molecule has 1 amide bonds. The van der Waals surface area contributed by atoms with Gasteiger partial charge in [-0.25, -0.2) is 9.71 Å². The van der Waals surface area contributed by atoms with E-state index < -0.39 is 46.8 Å². The number of hydrogen-bond donors (Lipinski definition) is 1. The summed E-state index contributed by atoms with van der Waals surface area (Å²) >= 11 is 5.54. The van der Waals surface area contributed by atoms with Crippen molar-refractivity contribution in [2.75, 3.05) is 13.2 Å². The van der Waals surface area contributed by atoms with E-state index in [1.807, 2.05) is 0 Å². The largest absolute Gasteiger partial charge is 0.411 e. The average molecular weight is 347 g/mol. The fraction of sp³-hybridized carbons (Fsp3) is 0.400. The van der Waals surface area contributed by atoms with Crippen LogP contribution in [0.1, 0.15) is 6.42 Å². The second-order valence-electron chi connectivity index (χ2n) is 3.76. The fourth-order valence-electron chi connectivity index (χ4n) is 1.13. The number of amides is 1. The van der Waals surface area contributed by atoms with Gasteiger partial charge in [0, 0.05) is 6.20 Å². The molecule has 0 saturated heterocycles. The van der Waals surface area contributed by atoms with Gasteiger partial charge in [-0.3, -0.25) is 4.79 Å². The number of nitrogens with one attached hydrogen (secondary N) is 1. The second-order valence-corrected chi connectivity index (χ2v) is 5.83. The third-order valence-electron chi connectivity index (χ3n) is 1.96. The van der Waals surface area contributed by atoms with Gasteiger partial charge in [-0.05, 0) is 12.1 Å². The molecule has 0 fully saturated rings. The Morgan fingerprint density at radius 1 is 1.38 bits per heavy atom. The molecule has 118 valence electrons. The lowest BCUT2D eigenvalue weighted by Gasteiger charge is -2.08. The molecule has 0 aliphatic rings. The number of carbonyl (C=O) groups is 1. The Hall–Kier alpha value is -1.39. The minimum atomic E-state index is -4.50. The van der Waals surface area contributed by atoms with E-state index in [-0.39, 0.29) is 5.02 Å². The molecule has 0 spiro atoms. The molecule has 21 heavy (non-hydrogen) atoms. The van der Waals surface area contributed by atoms with Gasteiger partial charge in [0.25, 0.3) is 10.0 Å². The molecular weight excluding hydrogens is 337 g/mol. The molecule has 1 aromatic rings. The van der Waals surface area contributed by atoms with Crippen molar-refractivity contribution in [3.05, 3.63) is 23.4 Å². The van der Waals surface area contributed by atoms with E-state index in [4.69, 9.17) is 11.6 Å². The number of rotatable bonds is 6. The topological polar surface area (TPSA) is 85.4 Å². The monoisotopic (exact) mass is 346 g/mol. The molecule has 0 unspecified atom stereocenters. The molecule has 11 heteroatoms. The molecule has 0 aliphatic carbocycles. The molecule has 0 atom stereocenters. The maximum absolute atomic E-state index is 11.8. The van der Waals surface area contributed by atoms with Gasteiger partial charge in [-0.15, -0.1) is 0 Å². The molecule has 1 heterocycles. The van der Waals surface area contributed by atoms with E-state index in [1.54, 1.807) is 4.72 Å². The first-order valence-electron chi connectivity index (χ1n) is 5.42. The summed E-state index contributed by atoms with van der Waals surface area (Å²) in [6.07, 6.45) is -3.97. The van der Waals surface area contributed by atoms with E-state index in [0.29, 0.717) is 0 Å². The van der Waals surface area contributed by atoms with Crippen molar-refractivity contribution < 1.29 is 31.1 Å². The molecular formula is C10H10ClF3N2O4S. The van der Waals surface area contributed by atoms with Crippen molar-refractivity contribution in [2.45, 2.75) is 17.6 Å². The zero-order valence-electron chi connectivity index (χ0n) is 10.4. The summed E-state index contributed by atoms with van der Waals surface area (Å²) in [6.45, 7) is -2.07. The van der Waals surface area contributed by atoms with Gasteiger partial charge in [-0.1, -0.05) is 11.6 Å². The molecule has 0 saturated carbocycles. The van der Waals surface area contributed by atoms with Gasteiger partial charge in [0.05, 0.1) is 18.1 Å². The van der Waals surface area contributed by atoms with Gasteiger partial charge in [0.2, 0.25) is 5.91 Å². The third-order valence-corrected chi connectivity index (χ3v) is 3.48. The van der Waals surface area contributed by atoms with E-state index in [1.165, 1.54) is 6.07 Å². The molecule has 0 aromatic carbocycles. The van der Waals surface area contributed by atoms with Crippen LogP contribution in [0.3, 0.4) is 0 Å². The summed E-state index contributed by atoms with van der Waals surface area (Å²) in [5, 5.41) is -0.225. The van der Waals surface area contributed by atoms with Crippen molar-refractivity contribution in [1.29, 1.82) is 0 Å². The van der Waals surface area contributed by atoms with E-state index in [0.717, 1.165) is 12.3 Å². The average Bonchev–Trinajstić information content (AvgIpc) is 2.33. The number of halogens is 4. The van der Waals surface area contributed by atoms with Crippen molar-refractivity contribution in [3.63, 3.8) is 0 Å². The van der Waals surface area contributed by atoms with E-state index in [2.05, 4.69) is 9.72 Å².